The molecule has 0 radical (unpaired) electrons. The lowest BCUT2D eigenvalue weighted by atomic mass is 10.1. The highest BCUT2D eigenvalue weighted by atomic mass is 35.5. The van der Waals surface area contributed by atoms with E-state index >= 15 is 0 Å². The average Bonchev–Trinajstić information content (AvgIpc) is 2.67. The largest absolute Gasteiger partial charge is 0.452 e. The van der Waals surface area contributed by atoms with Gasteiger partial charge in [-0.1, -0.05) is 30.5 Å². The fraction of sp³-hybridized carbons (Fsp3) is 0.263. The molecule has 0 aliphatic rings. The zero-order valence-corrected chi connectivity index (χ0v) is 17.0. The number of ether oxygens (including phenoxy) is 1. The Morgan fingerprint density at radius 1 is 1.36 bits per heavy atom. The zero-order valence-electron chi connectivity index (χ0n) is 15.5. The Hall–Kier alpha value is -2.32. The molecule has 0 unspecified atom stereocenters. The molecule has 0 saturated heterocycles. The van der Waals surface area contributed by atoms with Crippen LogP contribution in [0, 0.1) is 18.6 Å². The third-order valence-corrected chi connectivity index (χ3v) is 5.47. The van der Waals surface area contributed by atoms with Crippen LogP contribution in [0.5, 0.6) is 11.5 Å². The van der Waals surface area contributed by atoms with Crippen LogP contribution >= 0.6 is 23.5 Å². The zero-order chi connectivity index (χ0) is 20.4. The van der Waals surface area contributed by atoms with Crippen LogP contribution in [0.3, 0.4) is 0 Å². The van der Waals surface area contributed by atoms with Crippen LogP contribution in [0.1, 0.15) is 18.9 Å². The molecule has 0 aliphatic carbocycles. The number of nitrogens with zero attached hydrogens (tertiary/aromatic N) is 2. The third-order valence-electron chi connectivity index (χ3n) is 4.11. The summed E-state index contributed by atoms with van der Waals surface area (Å²) in [6, 6.07) is 4.12. The van der Waals surface area contributed by atoms with E-state index in [-0.39, 0.29) is 22.0 Å². The summed E-state index contributed by atoms with van der Waals surface area (Å²) < 4.78 is 38.4. The van der Waals surface area contributed by atoms with Crippen molar-refractivity contribution < 1.29 is 13.5 Å². The predicted molar refractivity (Wildman–Crippen MR) is 110 cm³/mol. The van der Waals surface area contributed by atoms with Gasteiger partial charge in [0.25, 0.3) is 5.56 Å². The first-order valence-electron chi connectivity index (χ1n) is 8.53. The second-order valence-electron chi connectivity index (χ2n) is 6.16. The maximum Gasteiger partial charge on any atom is 0.261 e. The number of benzene rings is 2. The fourth-order valence-electron chi connectivity index (χ4n) is 2.63. The fourth-order valence-corrected chi connectivity index (χ4v) is 3.53. The highest BCUT2D eigenvalue weighted by Gasteiger charge is 2.21. The summed E-state index contributed by atoms with van der Waals surface area (Å²) in [6.45, 7) is 3.65. The van der Waals surface area contributed by atoms with E-state index in [2.05, 4.69) is 9.71 Å². The normalized spacial score (nSPS) is 11.1. The molecule has 1 aromatic heterocycles. The van der Waals surface area contributed by atoms with E-state index in [1.54, 1.807) is 26.1 Å². The molecule has 148 valence electrons. The molecule has 1 heterocycles. The number of hydrogen-bond donors (Lipinski definition) is 1. The number of aromatic nitrogens is 2. The van der Waals surface area contributed by atoms with Crippen LogP contribution in [-0.2, 0) is 7.05 Å². The van der Waals surface area contributed by atoms with Crippen molar-refractivity contribution in [2.24, 2.45) is 7.05 Å². The molecule has 0 atom stereocenters. The molecular weight excluding hydrogens is 408 g/mol. The maximum atomic E-state index is 14.4. The Morgan fingerprint density at radius 3 is 2.82 bits per heavy atom. The lowest BCUT2D eigenvalue weighted by Crippen LogP contribution is -2.18. The topological polar surface area (TPSA) is 56.1 Å². The van der Waals surface area contributed by atoms with Crippen molar-refractivity contribution >= 4 is 40.1 Å². The molecule has 0 aliphatic heterocycles. The minimum Gasteiger partial charge on any atom is -0.452 e. The lowest BCUT2D eigenvalue weighted by Gasteiger charge is -2.15. The number of halogens is 3. The van der Waals surface area contributed by atoms with Crippen molar-refractivity contribution in [3.8, 4) is 11.5 Å². The van der Waals surface area contributed by atoms with Gasteiger partial charge in [0.05, 0.1) is 22.9 Å². The first-order valence-corrected chi connectivity index (χ1v) is 9.89. The highest BCUT2D eigenvalue weighted by molar-refractivity contribution is 8.00. The Kier molecular flexibility index (Phi) is 6.10. The number of hydrogen-bond acceptors (Lipinski definition) is 5. The number of aryl methyl sites for hydroxylation is 2. The maximum absolute atomic E-state index is 14.4. The van der Waals surface area contributed by atoms with Crippen molar-refractivity contribution in [3.05, 3.63) is 57.1 Å². The Bertz CT molecular complexity index is 1100. The van der Waals surface area contributed by atoms with Crippen molar-refractivity contribution in [1.82, 2.24) is 9.55 Å². The molecule has 0 saturated carbocycles. The Morgan fingerprint density at radius 2 is 2.11 bits per heavy atom. The van der Waals surface area contributed by atoms with E-state index in [4.69, 9.17) is 16.3 Å². The summed E-state index contributed by atoms with van der Waals surface area (Å²) in [4.78, 5) is 16.6. The van der Waals surface area contributed by atoms with Crippen molar-refractivity contribution in [1.29, 1.82) is 0 Å². The molecule has 0 fully saturated rings. The van der Waals surface area contributed by atoms with E-state index in [0.717, 1.165) is 18.2 Å². The first kappa shape index (κ1) is 20.4. The van der Waals surface area contributed by atoms with Gasteiger partial charge in [-0.3, -0.25) is 4.79 Å². The number of nitrogens with one attached hydrogen (secondary N) is 1. The summed E-state index contributed by atoms with van der Waals surface area (Å²) in [6.07, 6.45) is 2.32. The lowest BCUT2D eigenvalue weighted by molar-refractivity contribution is 0.415. The van der Waals surface area contributed by atoms with Gasteiger partial charge in [0.1, 0.15) is 10.8 Å². The standard InChI is InChI=1S/C19H18ClF2N3O2S/c1-4-7-28-24-13-8-11(21)17(22)18(16(13)20)27-14-6-5-12-15(10(14)2)19(26)25(3)9-23-12/h5-6,8-9,24H,4,7H2,1-3H3. The molecule has 0 bridgehead atoms. The third kappa shape index (κ3) is 3.79. The van der Waals surface area contributed by atoms with E-state index in [1.165, 1.54) is 22.8 Å². The smallest absolute Gasteiger partial charge is 0.261 e. The monoisotopic (exact) mass is 425 g/mol. The van der Waals surface area contributed by atoms with Gasteiger partial charge in [0.2, 0.25) is 5.82 Å². The number of fused-ring (bicyclic) bond motifs is 1. The van der Waals surface area contributed by atoms with Gasteiger partial charge in [0.15, 0.2) is 11.6 Å². The van der Waals surface area contributed by atoms with Crippen LogP contribution in [-0.4, -0.2) is 15.3 Å². The minimum atomic E-state index is -1.20. The summed E-state index contributed by atoms with van der Waals surface area (Å²) in [7, 11) is 1.58. The molecule has 0 spiro atoms. The van der Waals surface area contributed by atoms with Crippen molar-refractivity contribution in [2.45, 2.75) is 20.3 Å². The van der Waals surface area contributed by atoms with Gasteiger partial charge >= 0.3 is 0 Å². The molecular formula is C19H18ClF2N3O2S. The molecule has 9 heteroatoms. The molecule has 3 aromatic rings. The predicted octanol–water partition coefficient (Wildman–Crippen LogP) is 5.44. The van der Waals surface area contributed by atoms with Crippen LogP contribution in [0.15, 0.2) is 29.3 Å². The highest BCUT2D eigenvalue weighted by Crippen LogP contribution is 2.41. The van der Waals surface area contributed by atoms with Crippen molar-refractivity contribution in [3.63, 3.8) is 0 Å². The summed E-state index contributed by atoms with van der Waals surface area (Å²) in [5.41, 5.74) is 0.889. The molecule has 28 heavy (non-hydrogen) atoms. The van der Waals surface area contributed by atoms with Gasteiger partial charge < -0.3 is 14.0 Å². The molecule has 2 aromatic carbocycles. The summed E-state index contributed by atoms with van der Waals surface area (Å²) in [5, 5.41) is 0.258. The van der Waals surface area contributed by atoms with Crippen LogP contribution in [0.2, 0.25) is 5.02 Å². The summed E-state index contributed by atoms with van der Waals surface area (Å²) in [5.74, 6) is -1.77. The van der Waals surface area contributed by atoms with Gasteiger partial charge in [-0.15, -0.1) is 0 Å². The van der Waals surface area contributed by atoms with E-state index in [9.17, 15) is 13.6 Å². The molecule has 1 N–H and O–H groups in total. The van der Waals surface area contributed by atoms with E-state index < -0.39 is 17.4 Å². The van der Waals surface area contributed by atoms with Gasteiger partial charge in [-0.25, -0.2) is 9.37 Å². The SMILES string of the molecule is CCCSNc1cc(F)c(F)c(Oc2ccc3ncn(C)c(=O)c3c2C)c1Cl. The Labute approximate surface area is 169 Å². The minimum absolute atomic E-state index is 0.0823. The number of rotatable bonds is 6. The summed E-state index contributed by atoms with van der Waals surface area (Å²) >= 11 is 7.58. The quantitative estimate of drug-likeness (QED) is 0.324. The van der Waals surface area contributed by atoms with Crippen LogP contribution in [0.4, 0.5) is 14.5 Å². The van der Waals surface area contributed by atoms with E-state index in [0.29, 0.717) is 16.5 Å². The molecule has 5 nitrogen and oxygen atoms in total. The van der Waals surface area contributed by atoms with Crippen LogP contribution < -0.4 is 15.0 Å². The second kappa shape index (κ2) is 8.36. The number of anilines is 1. The van der Waals surface area contributed by atoms with Crippen molar-refractivity contribution in [2.75, 3.05) is 10.5 Å². The Balaban J connectivity index is 2.07. The second-order valence-corrected chi connectivity index (χ2v) is 7.44. The first-order chi connectivity index (χ1) is 13.3. The molecule has 3 rings (SSSR count). The van der Waals surface area contributed by atoms with Gasteiger partial charge in [0, 0.05) is 24.4 Å². The van der Waals surface area contributed by atoms with Gasteiger partial charge in [-0.2, -0.15) is 4.39 Å². The average molecular weight is 426 g/mol. The van der Waals surface area contributed by atoms with Crippen LogP contribution in [0.25, 0.3) is 10.9 Å². The van der Waals surface area contributed by atoms with Gasteiger partial charge in [-0.05, 0) is 25.5 Å². The van der Waals surface area contributed by atoms with E-state index in [1.807, 2.05) is 6.92 Å². The molecule has 0 amide bonds.